The van der Waals surface area contributed by atoms with Crippen molar-refractivity contribution in [1.29, 1.82) is 0 Å². The van der Waals surface area contributed by atoms with Crippen molar-refractivity contribution in [3.05, 3.63) is 24.5 Å². The first kappa shape index (κ1) is 22.6. The van der Waals surface area contributed by atoms with Gasteiger partial charge in [-0.25, -0.2) is 13.4 Å². The highest BCUT2D eigenvalue weighted by Crippen LogP contribution is 2.23. The Labute approximate surface area is 171 Å². The van der Waals surface area contributed by atoms with Crippen molar-refractivity contribution in [3.8, 4) is 0 Å². The van der Waals surface area contributed by atoms with Gasteiger partial charge in [0.2, 0.25) is 5.91 Å². The van der Waals surface area contributed by atoms with E-state index in [1.165, 1.54) is 0 Å². The van der Waals surface area contributed by atoms with Crippen molar-refractivity contribution in [2.24, 2.45) is 4.99 Å². The molecule has 0 aromatic carbocycles. The number of pyridine rings is 1. The van der Waals surface area contributed by atoms with Gasteiger partial charge in [-0.1, -0.05) is 0 Å². The Kier molecular flexibility index (Phi) is 8.25. The minimum atomic E-state index is -3.13. The summed E-state index contributed by atoms with van der Waals surface area (Å²) in [6, 6.07) is 3.48. The second kappa shape index (κ2) is 9.49. The number of hydrogen-bond acceptors (Lipinski definition) is 5. The SMILES string of the molecule is CCNC(=NCC(=O)Nc1cccnc1)N1CCS(=O)(=O)C(C)(C)C1.I. The molecule has 0 radical (unpaired) electrons. The number of halogens is 1. The van der Waals surface area contributed by atoms with E-state index in [0.717, 1.165) is 0 Å². The highest BCUT2D eigenvalue weighted by atomic mass is 127. The number of anilines is 1. The molecule has 0 saturated carbocycles. The first-order valence-electron chi connectivity index (χ1n) is 8.20. The molecule has 2 heterocycles. The predicted octanol–water partition coefficient (Wildman–Crippen LogP) is 1.11. The largest absolute Gasteiger partial charge is 0.357 e. The van der Waals surface area contributed by atoms with Crippen molar-refractivity contribution in [2.75, 3.05) is 37.2 Å². The van der Waals surface area contributed by atoms with Crippen molar-refractivity contribution in [2.45, 2.75) is 25.5 Å². The van der Waals surface area contributed by atoms with Gasteiger partial charge in [0.15, 0.2) is 15.8 Å². The Morgan fingerprint density at radius 2 is 2.15 bits per heavy atom. The predicted molar refractivity (Wildman–Crippen MR) is 114 cm³/mol. The maximum atomic E-state index is 12.1. The van der Waals surface area contributed by atoms with E-state index in [1.54, 1.807) is 38.4 Å². The zero-order chi connectivity index (χ0) is 18.5. The number of rotatable bonds is 4. The molecule has 1 amide bonds. The summed E-state index contributed by atoms with van der Waals surface area (Å²) in [5, 5.41) is 5.85. The fraction of sp³-hybridized carbons (Fsp3) is 0.562. The van der Waals surface area contributed by atoms with Gasteiger partial charge in [-0.05, 0) is 32.9 Å². The molecule has 1 aliphatic rings. The maximum Gasteiger partial charge on any atom is 0.246 e. The summed E-state index contributed by atoms with van der Waals surface area (Å²) in [5.74, 6) is 0.367. The molecule has 8 nitrogen and oxygen atoms in total. The third-order valence-electron chi connectivity index (χ3n) is 4.00. The average molecular weight is 495 g/mol. The lowest BCUT2D eigenvalue weighted by atomic mass is 10.2. The Morgan fingerprint density at radius 3 is 2.73 bits per heavy atom. The van der Waals surface area contributed by atoms with Gasteiger partial charge in [0.25, 0.3) is 0 Å². The molecule has 0 unspecified atom stereocenters. The van der Waals surface area contributed by atoms with Crippen LogP contribution in [0.5, 0.6) is 0 Å². The standard InChI is InChI=1S/C16H25N5O3S.HI/c1-4-18-15(21-8-9-25(23,24)16(2,3)12-21)19-11-14(22)20-13-6-5-7-17-10-13;/h5-7,10H,4,8-9,11-12H2,1-3H3,(H,18,19)(H,20,22);1H. The van der Waals surface area contributed by atoms with Crippen LogP contribution in [0.3, 0.4) is 0 Å². The van der Waals surface area contributed by atoms with Crippen LogP contribution in [0.2, 0.25) is 0 Å². The fourth-order valence-corrected chi connectivity index (χ4v) is 3.90. The maximum absolute atomic E-state index is 12.1. The van der Waals surface area contributed by atoms with Gasteiger partial charge in [0, 0.05) is 25.8 Å². The Hall–Kier alpha value is -1.43. The highest BCUT2D eigenvalue weighted by molar-refractivity contribution is 14.0. The van der Waals surface area contributed by atoms with E-state index in [1.807, 2.05) is 11.8 Å². The van der Waals surface area contributed by atoms with Crippen LogP contribution in [0.25, 0.3) is 0 Å². The molecule has 10 heteroatoms. The van der Waals surface area contributed by atoms with E-state index < -0.39 is 14.6 Å². The van der Waals surface area contributed by atoms with E-state index in [9.17, 15) is 13.2 Å². The Balaban J connectivity index is 0.00000338. The van der Waals surface area contributed by atoms with Gasteiger partial charge in [0.05, 0.1) is 22.4 Å². The lowest BCUT2D eigenvalue weighted by Gasteiger charge is -2.39. The monoisotopic (exact) mass is 495 g/mol. The van der Waals surface area contributed by atoms with Gasteiger partial charge in [-0.3, -0.25) is 9.78 Å². The summed E-state index contributed by atoms with van der Waals surface area (Å²) in [7, 11) is -3.13. The van der Waals surface area contributed by atoms with Crippen LogP contribution >= 0.6 is 24.0 Å². The van der Waals surface area contributed by atoms with Gasteiger partial charge in [-0.2, -0.15) is 0 Å². The Bertz CT molecular complexity index is 738. The van der Waals surface area contributed by atoms with Crippen LogP contribution < -0.4 is 10.6 Å². The zero-order valence-corrected chi connectivity index (χ0v) is 18.4. The van der Waals surface area contributed by atoms with Crippen LogP contribution in [0.1, 0.15) is 20.8 Å². The summed E-state index contributed by atoms with van der Waals surface area (Å²) in [6.45, 7) is 6.64. The number of aliphatic imine (C=N–C) groups is 1. The second-order valence-electron chi connectivity index (χ2n) is 6.46. The van der Waals surface area contributed by atoms with E-state index in [2.05, 4.69) is 20.6 Å². The quantitative estimate of drug-likeness (QED) is 0.369. The van der Waals surface area contributed by atoms with Gasteiger partial charge in [-0.15, -0.1) is 24.0 Å². The number of nitrogens with one attached hydrogen (secondary N) is 2. The summed E-state index contributed by atoms with van der Waals surface area (Å²) in [5.41, 5.74) is 0.609. The summed E-state index contributed by atoms with van der Waals surface area (Å²) < 4.78 is 23.4. The third-order valence-corrected chi connectivity index (χ3v) is 6.53. The van der Waals surface area contributed by atoms with Crippen LogP contribution in [0.4, 0.5) is 5.69 Å². The number of carbonyl (C=O) groups excluding carboxylic acids is 1. The van der Waals surface area contributed by atoms with E-state index in [4.69, 9.17) is 0 Å². The van der Waals surface area contributed by atoms with Crippen molar-refractivity contribution < 1.29 is 13.2 Å². The fourth-order valence-electron chi connectivity index (χ4n) is 2.53. The second-order valence-corrected chi connectivity index (χ2v) is 9.20. The number of hydrogen-bond donors (Lipinski definition) is 2. The molecular weight excluding hydrogens is 469 g/mol. The molecule has 1 aromatic heterocycles. The first-order valence-corrected chi connectivity index (χ1v) is 9.86. The Morgan fingerprint density at radius 1 is 1.42 bits per heavy atom. The number of amides is 1. The lowest BCUT2D eigenvalue weighted by Crippen LogP contribution is -2.57. The number of sulfone groups is 1. The minimum absolute atomic E-state index is 0. The number of aromatic nitrogens is 1. The summed E-state index contributed by atoms with van der Waals surface area (Å²) in [4.78, 5) is 22.2. The molecule has 0 bridgehead atoms. The molecule has 2 N–H and O–H groups in total. The van der Waals surface area contributed by atoms with Crippen molar-refractivity contribution in [3.63, 3.8) is 0 Å². The van der Waals surface area contributed by atoms with E-state index in [0.29, 0.717) is 31.3 Å². The average Bonchev–Trinajstić information content (AvgIpc) is 2.55. The molecule has 0 atom stereocenters. The molecular formula is C16H26IN5O3S. The minimum Gasteiger partial charge on any atom is -0.357 e. The van der Waals surface area contributed by atoms with Gasteiger partial charge in [0.1, 0.15) is 6.54 Å². The summed E-state index contributed by atoms with van der Waals surface area (Å²) >= 11 is 0. The number of guanidine groups is 1. The zero-order valence-electron chi connectivity index (χ0n) is 15.2. The molecule has 1 saturated heterocycles. The lowest BCUT2D eigenvalue weighted by molar-refractivity contribution is -0.114. The third kappa shape index (κ3) is 5.79. The summed E-state index contributed by atoms with van der Waals surface area (Å²) in [6.07, 6.45) is 3.19. The molecule has 2 rings (SSSR count). The molecule has 1 aliphatic heterocycles. The highest BCUT2D eigenvalue weighted by Gasteiger charge is 2.40. The van der Waals surface area contributed by atoms with Gasteiger partial charge < -0.3 is 15.5 Å². The van der Waals surface area contributed by atoms with Crippen LogP contribution in [-0.4, -0.2) is 66.8 Å². The number of carbonyl (C=O) groups is 1. The molecule has 1 aromatic rings. The van der Waals surface area contributed by atoms with Crippen molar-refractivity contribution in [1.82, 2.24) is 15.2 Å². The molecule has 26 heavy (non-hydrogen) atoms. The number of nitrogens with zero attached hydrogens (tertiary/aromatic N) is 3. The normalized spacial score (nSPS) is 18.6. The topological polar surface area (TPSA) is 104 Å². The van der Waals surface area contributed by atoms with E-state index >= 15 is 0 Å². The van der Waals surface area contributed by atoms with Crippen molar-refractivity contribution >= 4 is 51.4 Å². The van der Waals surface area contributed by atoms with Crippen LogP contribution in [-0.2, 0) is 14.6 Å². The molecule has 146 valence electrons. The smallest absolute Gasteiger partial charge is 0.246 e. The van der Waals surface area contributed by atoms with Crippen LogP contribution in [0, 0.1) is 0 Å². The molecule has 0 spiro atoms. The van der Waals surface area contributed by atoms with Gasteiger partial charge >= 0.3 is 0 Å². The molecule has 1 fully saturated rings. The molecule has 0 aliphatic carbocycles. The first-order chi connectivity index (χ1) is 11.7. The van der Waals surface area contributed by atoms with Crippen LogP contribution in [0.15, 0.2) is 29.5 Å². The van der Waals surface area contributed by atoms with E-state index in [-0.39, 0.29) is 42.2 Å².